The van der Waals surface area contributed by atoms with Crippen molar-refractivity contribution in [3.05, 3.63) is 23.3 Å². The average molecular weight is 393 g/mol. The number of phenols is 1. The number of rotatable bonds is 11. The average Bonchev–Trinajstić information content (AvgIpc) is 2.60. The van der Waals surface area contributed by atoms with Gasteiger partial charge in [-0.2, -0.15) is 0 Å². The largest absolute Gasteiger partial charge is 0.508 e. The number of hydrogen-bond acceptors (Lipinski definition) is 4. The smallest absolute Gasteiger partial charge is 0.305 e. The number of carbonyl (C=O) groups is 1. The van der Waals surface area contributed by atoms with Gasteiger partial charge in [0.1, 0.15) is 11.5 Å². The van der Waals surface area contributed by atoms with Crippen molar-refractivity contribution >= 4 is 5.97 Å². The first-order valence-corrected chi connectivity index (χ1v) is 10.6. The Bertz CT molecular complexity index is 626. The van der Waals surface area contributed by atoms with Gasteiger partial charge in [-0.1, -0.05) is 60.8 Å². The standard InChI is InChI=1S/C24H40O4/c1-8-9-10-11-15-28-22(26)13-12-14-24(5,6)19-16-20(25)18(23(2,3)4)17-21(19)27-7/h16-17,25H,8-15H2,1-7H3. The second kappa shape index (κ2) is 10.7. The van der Waals surface area contributed by atoms with E-state index in [1.54, 1.807) is 7.11 Å². The fourth-order valence-electron chi connectivity index (χ4n) is 3.46. The van der Waals surface area contributed by atoms with Crippen LogP contribution in [0.5, 0.6) is 11.5 Å². The zero-order valence-corrected chi connectivity index (χ0v) is 19.0. The van der Waals surface area contributed by atoms with Crippen LogP contribution in [0.1, 0.15) is 97.6 Å². The van der Waals surface area contributed by atoms with Crippen LogP contribution in [0.25, 0.3) is 0 Å². The van der Waals surface area contributed by atoms with Crippen molar-refractivity contribution in [1.82, 2.24) is 0 Å². The summed E-state index contributed by atoms with van der Waals surface area (Å²) in [5.41, 5.74) is 1.45. The number of ether oxygens (including phenoxy) is 2. The third-order valence-electron chi connectivity index (χ3n) is 5.30. The molecule has 0 fully saturated rings. The summed E-state index contributed by atoms with van der Waals surface area (Å²) in [6.07, 6.45) is 6.40. The molecule has 160 valence electrons. The number of benzene rings is 1. The number of unbranched alkanes of at least 4 members (excludes halogenated alkanes) is 3. The molecule has 0 amide bonds. The van der Waals surface area contributed by atoms with Gasteiger partial charge in [-0.3, -0.25) is 4.79 Å². The first-order valence-electron chi connectivity index (χ1n) is 10.6. The van der Waals surface area contributed by atoms with Crippen LogP contribution in [-0.2, 0) is 20.4 Å². The van der Waals surface area contributed by atoms with E-state index in [1.807, 2.05) is 12.1 Å². The van der Waals surface area contributed by atoms with Crippen LogP contribution < -0.4 is 4.74 Å². The number of hydrogen-bond donors (Lipinski definition) is 1. The van der Waals surface area contributed by atoms with E-state index in [0.29, 0.717) is 18.8 Å². The Morgan fingerprint density at radius 1 is 1.00 bits per heavy atom. The van der Waals surface area contributed by atoms with Crippen molar-refractivity contribution < 1.29 is 19.4 Å². The zero-order chi connectivity index (χ0) is 21.4. The third kappa shape index (κ3) is 7.37. The maximum atomic E-state index is 11.9. The van der Waals surface area contributed by atoms with Crippen LogP contribution in [0, 0.1) is 0 Å². The van der Waals surface area contributed by atoms with E-state index in [4.69, 9.17) is 9.47 Å². The van der Waals surface area contributed by atoms with E-state index in [0.717, 1.165) is 42.6 Å². The van der Waals surface area contributed by atoms with E-state index in [2.05, 4.69) is 41.5 Å². The summed E-state index contributed by atoms with van der Waals surface area (Å²) in [7, 11) is 1.66. The van der Waals surface area contributed by atoms with Gasteiger partial charge in [-0.25, -0.2) is 0 Å². The monoisotopic (exact) mass is 392 g/mol. The van der Waals surface area contributed by atoms with Crippen LogP contribution in [0.2, 0.25) is 0 Å². The summed E-state index contributed by atoms with van der Waals surface area (Å²) < 4.78 is 11.0. The van der Waals surface area contributed by atoms with Crippen LogP contribution in [0.15, 0.2) is 12.1 Å². The highest BCUT2D eigenvalue weighted by Crippen LogP contribution is 2.42. The molecule has 4 nitrogen and oxygen atoms in total. The SMILES string of the molecule is CCCCCCOC(=O)CCCC(C)(C)c1cc(O)c(C(C)(C)C)cc1OC. The molecule has 1 N–H and O–H groups in total. The maximum Gasteiger partial charge on any atom is 0.305 e. The van der Waals surface area contributed by atoms with Gasteiger partial charge in [0.2, 0.25) is 0 Å². The van der Waals surface area contributed by atoms with E-state index < -0.39 is 0 Å². The van der Waals surface area contributed by atoms with Crippen molar-refractivity contribution in [1.29, 1.82) is 0 Å². The molecule has 0 atom stereocenters. The van der Waals surface area contributed by atoms with E-state index in [9.17, 15) is 9.90 Å². The van der Waals surface area contributed by atoms with Crippen LogP contribution >= 0.6 is 0 Å². The topological polar surface area (TPSA) is 55.8 Å². The van der Waals surface area contributed by atoms with Gasteiger partial charge in [0.05, 0.1) is 13.7 Å². The number of carbonyl (C=O) groups excluding carboxylic acids is 1. The van der Waals surface area contributed by atoms with Crippen molar-refractivity contribution in [2.24, 2.45) is 0 Å². The lowest BCUT2D eigenvalue weighted by Gasteiger charge is -2.30. The lowest BCUT2D eigenvalue weighted by molar-refractivity contribution is -0.143. The highest BCUT2D eigenvalue weighted by atomic mass is 16.5. The molecule has 0 unspecified atom stereocenters. The molecule has 0 spiro atoms. The molecule has 1 aromatic rings. The Morgan fingerprint density at radius 3 is 2.25 bits per heavy atom. The Kier molecular flexibility index (Phi) is 9.32. The molecule has 0 aliphatic rings. The lowest BCUT2D eigenvalue weighted by atomic mass is 9.77. The second-order valence-electron chi connectivity index (χ2n) is 9.34. The Balaban J connectivity index is 2.69. The van der Waals surface area contributed by atoms with Crippen LogP contribution in [-0.4, -0.2) is 24.8 Å². The second-order valence-corrected chi connectivity index (χ2v) is 9.34. The fourth-order valence-corrected chi connectivity index (χ4v) is 3.46. The molecular formula is C24H40O4. The Hall–Kier alpha value is -1.71. The normalized spacial score (nSPS) is 12.1. The predicted molar refractivity (Wildman–Crippen MR) is 115 cm³/mol. The third-order valence-corrected chi connectivity index (χ3v) is 5.30. The quantitative estimate of drug-likeness (QED) is 0.356. The molecule has 0 bridgehead atoms. The van der Waals surface area contributed by atoms with Gasteiger partial charge < -0.3 is 14.6 Å². The molecule has 4 heteroatoms. The van der Waals surface area contributed by atoms with E-state index >= 15 is 0 Å². The highest BCUT2D eigenvalue weighted by molar-refractivity contribution is 5.69. The summed E-state index contributed by atoms with van der Waals surface area (Å²) in [5.74, 6) is 0.958. The van der Waals surface area contributed by atoms with Gasteiger partial charge in [-0.05, 0) is 42.2 Å². The number of methoxy groups -OCH3 is 1. The molecule has 1 aromatic carbocycles. The van der Waals surface area contributed by atoms with Gasteiger partial charge in [0.15, 0.2) is 0 Å². The predicted octanol–water partition coefficient (Wildman–Crippen LogP) is 6.27. The summed E-state index contributed by atoms with van der Waals surface area (Å²) >= 11 is 0. The lowest BCUT2D eigenvalue weighted by Crippen LogP contribution is -2.20. The van der Waals surface area contributed by atoms with Gasteiger partial charge in [0.25, 0.3) is 0 Å². The minimum Gasteiger partial charge on any atom is -0.508 e. The number of phenolic OH excluding ortho intramolecular Hbond substituents is 1. The Labute approximate surface area is 171 Å². The van der Waals surface area contributed by atoms with Gasteiger partial charge >= 0.3 is 5.97 Å². The van der Waals surface area contributed by atoms with Crippen molar-refractivity contribution in [3.8, 4) is 11.5 Å². The van der Waals surface area contributed by atoms with Crippen LogP contribution in [0.4, 0.5) is 0 Å². The highest BCUT2D eigenvalue weighted by Gasteiger charge is 2.28. The van der Waals surface area contributed by atoms with Crippen molar-refractivity contribution in [2.75, 3.05) is 13.7 Å². The molecule has 0 heterocycles. The van der Waals surface area contributed by atoms with Gasteiger partial charge in [0, 0.05) is 17.5 Å². The maximum absolute atomic E-state index is 11.9. The molecule has 0 saturated carbocycles. The molecule has 0 aliphatic carbocycles. The first-order chi connectivity index (χ1) is 13.0. The van der Waals surface area contributed by atoms with Crippen LogP contribution in [0.3, 0.4) is 0 Å². The molecular weight excluding hydrogens is 352 g/mol. The summed E-state index contributed by atoms with van der Waals surface area (Å²) in [5, 5.41) is 10.6. The van der Waals surface area contributed by atoms with Gasteiger partial charge in [-0.15, -0.1) is 0 Å². The van der Waals surface area contributed by atoms with E-state index in [1.165, 1.54) is 12.8 Å². The first kappa shape index (κ1) is 24.3. The summed E-state index contributed by atoms with van der Waals surface area (Å²) in [6, 6.07) is 3.77. The zero-order valence-electron chi connectivity index (χ0n) is 19.0. The molecule has 28 heavy (non-hydrogen) atoms. The van der Waals surface area contributed by atoms with Crippen molar-refractivity contribution in [3.63, 3.8) is 0 Å². The van der Waals surface area contributed by atoms with Crippen molar-refractivity contribution in [2.45, 2.75) is 97.3 Å². The minimum atomic E-state index is -0.222. The number of esters is 1. The molecule has 0 saturated heterocycles. The fraction of sp³-hybridized carbons (Fsp3) is 0.708. The minimum absolute atomic E-state index is 0.120. The summed E-state index contributed by atoms with van der Waals surface area (Å²) in [6.45, 7) is 13.1. The molecule has 0 aliphatic heterocycles. The molecule has 0 aromatic heterocycles. The summed E-state index contributed by atoms with van der Waals surface area (Å²) in [4.78, 5) is 11.9. The molecule has 1 rings (SSSR count). The Morgan fingerprint density at radius 2 is 1.68 bits per heavy atom. The molecule has 0 radical (unpaired) electrons. The van der Waals surface area contributed by atoms with E-state index in [-0.39, 0.29) is 16.8 Å². The number of aromatic hydroxyl groups is 1.